The second-order valence-electron chi connectivity index (χ2n) is 2.46. The van der Waals surface area contributed by atoms with E-state index in [0.29, 0.717) is 6.61 Å². The van der Waals surface area contributed by atoms with Crippen LogP contribution >= 0.6 is 0 Å². The van der Waals surface area contributed by atoms with E-state index in [1.807, 2.05) is 0 Å². The van der Waals surface area contributed by atoms with Gasteiger partial charge in [-0.1, -0.05) is 0 Å². The van der Waals surface area contributed by atoms with Crippen molar-refractivity contribution in [3.63, 3.8) is 0 Å². The van der Waals surface area contributed by atoms with Crippen molar-refractivity contribution in [1.29, 1.82) is 0 Å². The van der Waals surface area contributed by atoms with Gasteiger partial charge < -0.3 is 15.2 Å². The smallest absolute Gasteiger partial charge is 0.142 e. The van der Waals surface area contributed by atoms with Gasteiger partial charge in [0.25, 0.3) is 0 Å². The zero-order valence-electron chi connectivity index (χ0n) is 6.50. The van der Waals surface area contributed by atoms with E-state index < -0.39 is 0 Å². The number of ether oxygens (including phenoxy) is 1. The molecule has 1 aromatic carbocycles. The number of hydrogen-bond donors (Lipinski definition) is 2. The van der Waals surface area contributed by atoms with Crippen molar-refractivity contribution in [2.24, 2.45) is 0 Å². The van der Waals surface area contributed by atoms with E-state index in [4.69, 9.17) is 9.84 Å². The Kier molecular flexibility index (Phi) is 3.19. The summed E-state index contributed by atoms with van der Waals surface area (Å²) in [5.74, 6) is 1.08. The molecule has 0 bridgehead atoms. The monoisotopic (exact) mass is 359 g/mol. The molecule has 0 saturated carbocycles. The summed E-state index contributed by atoms with van der Waals surface area (Å²) >= 11 is 0. The third-order valence-electron chi connectivity index (χ3n) is 1.64. The summed E-state index contributed by atoms with van der Waals surface area (Å²) in [6.45, 7) is 1.49. The summed E-state index contributed by atoms with van der Waals surface area (Å²) in [5.41, 5.74) is 0.872. The number of rotatable bonds is 0. The van der Waals surface area contributed by atoms with Crippen LogP contribution in [0, 0.1) is 0 Å². The molecule has 12 heavy (non-hydrogen) atoms. The molecule has 4 radical (unpaired) electrons. The molecular weight excluding hydrogens is 349 g/mol. The van der Waals surface area contributed by atoms with Gasteiger partial charge in [-0.25, -0.2) is 0 Å². The number of fused-ring (bicyclic) bond motifs is 1. The van der Waals surface area contributed by atoms with E-state index in [-0.39, 0.29) is 33.0 Å². The van der Waals surface area contributed by atoms with E-state index in [1.165, 1.54) is 0 Å². The van der Waals surface area contributed by atoms with Crippen molar-refractivity contribution in [3.05, 3.63) is 18.2 Å². The van der Waals surface area contributed by atoms with Gasteiger partial charge >= 0.3 is 0 Å². The Morgan fingerprint density at radius 2 is 2.25 bits per heavy atom. The van der Waals surface area contributed by atoms with Crippen LogP contribution in [-0.2, 0) is 0 Å². The molecule has 0 unspecified atom stereocenters. The van der Waals surface area contributed by atoms with Crippen LogP contribution in [0.5, 0.6) is 11.5 Å². The van der Waals surface area contributed by atoms with Crippen molar-refractivity contribution in [1.82, 2.24) is 0 Å². The summed E-state index contributed by atoms with van der Waals surface area (Å²) in [4.78, 5) is 0. The van der Waals surface area contributed by atoms with Crippen LogP contribution in [-0.4, -0.2) is 45.6 Å². The Bertz CT molecular complexity index is 278. The van der Waals surface area contributed by atoms with E-state index in [1.54, 1.807) is 18.2 Å². The molecule has 0 aromatic heterocycles. The predicted octanol–water partition coefficient (Wildman–Crippen LogP) is 0.816. The molecule has 0 amide bonds. The fourth-order valence-electron chi connectivity index (χ4n) is 1.13. The van der Waals surface area contributed by atoms with Gasteiger partial charge in [0.15, 0.2) is 0 Å². The molecule has 0 aliphatic carbocycles. The largest absolute Gasteiger partial charge is 0.508 e. The maximum atomic E-state index is 9.09. The van der Waals surface area contributed by atoms with Crippen LogP contribution in [0.3, 0.4) is 0 Å². The van der Waals surface area contributed by atoms with Crippen molar-refractivity contribution >= 4 is 33.0 Å². The predicted molar refractivity (Wildman–Crippen MR) is 47.8 cm³/mol. The number of aromatic hydroxyl groups is 1. The summed E-state index contributed by atoms with van der Waals surface area (Å²) < 4.78 is 5.30. The molecule has 0 saturated heterocycles. The first-order valence-electron chi connectivity index (χ1n) is 3.56. The molecule has 4 heteroatoms. The van der Waals surface area contributed by atoms with Crippen LogP contribution in [0.2, 0.25) is 0 Å². The van der Waals surface area contributed by atoms with Gasteiger partial charge in [0, 0.05) is 39.9 Å². The quantitative estimate of drug-likeness (QED) is 0.675. The van der Waals surface area contributed by atoms with Gasteiger partial charge in [0.05, 0.1) is 5.69 Å². The number of nitrogens with one attached hydrogen (secondary N) is 1. The molecule has 1 aliphatic rings. The second-order valence-corrected chi connectivity index (χ2v) is 2.46. The summed E-state index contributed by atoms with van der Waals surface area (Å²) in [6.07, 6.45) is 0. The Morgan fingerprint density at radius 3 is 3.08 bits per heavy atom. The minimum absolute atomic E-state index is 0. The molecule has 1 aromatic rings. The molecule has 1 heterocycles. The molecule has 2 rings (SSSR count). The standard InChI is InChI=1S/C8H9NO2.Pb/c10-6-1-2-8-7(5-6)9-3-4-11-8;/h1-2,5,9-10H,3-4H2;. The number of benzene rings is 1. The van der Waals surface area contributed by atoms with E-state index in [9.17, 15) is 0 Å². The molecule has 0 fully saturated rings. The molecule has 1 aliphatic heterocycles. The van der Waals surface area contributed by atoms with Gasteiger partial charge in [0.1, 0.15) is 18.1 Å². The molecule has 0 spiro atoms. The first-order chi connectivity index (χ1) is 5.36. The number of phenols is 1. The number of phenolic OH excluding ortho intramolecular Hbond substituents is 1. The van der Waals surface area contributed by atoms with Crippen molar-refractivity contribution in [2.75, 3.05) is 18.5 Å². The zero-order chi connectivity index (χ0) is 7.68. The average Bonchev–Trinajstić information content (AvgIpc) is 2.04. The fraction of sp³-hybridized carbons (Fsp3) is 0.250. The normalized spacial score (nSPS) is 13.3. The first kappa shape index (κ1) is 9.63. The van der Waals surface area contributed by atoms with Gasteiger partial charge in [-0.15, -0.1) is 0 Å². The maximum absolute atomic E-state index is 9.09. The molecule has 2 N–H and O–H groups in total. The molecule has 62 valence electrons. The van der Waals surface area contributed by atoms with E-state index in [0.717, 1.165) is 18.0 Å². The van der Waals surface area contributed by atoms with Crippen LogP contribution in [0.15, 0.2) is 18.2 Å². The van der Waals surface area contributed by atoms with Gasteiger partial charge in [-0.2, -0.15) is 0 Å². The Labute approximate surface area is 90.9 Å². The Morgan fingerprint density at radius 1 is 1.42 bits per heavy atom. The van der Waals surface area contributed by atoms with Crippen LogP contribution in [0.1, 0.15) is 0 Å². The molecule has 0 atom stereocenters. The zero-order valence-corrected chi connectivity index (χ0v) is 10.4. The third-order valence-corrected chi connectivity index (χ3v) is 1.64. The third kappa shape index (κ3) is 1.82. The fourth-order valence-corrected chi connectivity index (χ4v) is 1.13. The van der Waals surface area contributed by atoms with E-state index >= 15 is 0 Å². The maximum Gasteiger partial charge on any atom is 0.142 e. The average molecular weight is 358 g/mol. The number of hydrogen-bond acceptors (Lipinski definition) is 3. The minimum atomic E-state index is 0. The minimum Gasteiger partial charge on any atom is -0.508 e. The van der Waals surface area contributed by atoms with Crippen LogP contribution in [0.4, 0.5) is 5.69 Å². The molecule has 3 nitrogen and oxygen atoms in total. The van der Waals surface area contributed by atoms with Crippen molar-refractivity contribution in [2.45, 2.75) is 0 Å². The Hall–Kier alpha value is -0.458. The van der Waals surface area contributed by atoms with Crippen LogP contribution in [0.25, 0.3) is 0 Å². The summed E-state index contributed by atoms with van der Waals surface area (Å²) in [7, 11) is 0. The summed E-state index contributed by atoms with van der Waals surface area (Å²) in [5, 5.41) is 12.2. The van der Waals surface area contributed by atoms with Gasteiger partial charge in [-0.3, -0.25) is 0 Å². The summed E-state index contributed by atoms with van der Waals surface area (Å²) in [6, 6.07) is 5.04. The van der Waals surface area contributed by atoms with Gasteiger partial charge in [0.2, 0.25) is 0 Å². The van der Waals surface area contributed by atoms with Crippen molar-refractivity contribution < 1.29 is 9.84 Å². The SMILES string of the molecule is Oc1ccc2c(c1)NCCO2.[Pb]. The van der Waals surface area contributed by atoms with Gasteiger partial charge in [-0.05, 0) is 12.1 Å². The second kappa shape index (κ2) is 3.97. The topological polar surface area (TPSA) is 41.5 Å². The Balaban J connectivity index is 0.000000720. The number of anilines is 1. The first-order valence-corrected chi connectivity index (χ1v) is 3.56. The van der Waals surface area contributed by atoms with Crippen LogP contribution < -0.4 is 10.1 Å². The van der Waals surface area contributed by atoms with Crippen molar-refractivity contribution in [3.8, 4) is 11.5 Å². The van der Waals surface area contributed by atoms with E-state index in [2.05, 4.69) is 5.32 Å². The molecular formula is C8H9NO2Pb.